The molecule has 98 valence electrons. The smallest absolute Gasteiger partial charge is 0.125 e. The van der Waals surface area contributed by atoms with Crippen molar-refractivity contribution < 1.29 is 4.39 Å². The number of anilines is 1. The summed E-state index contributed by atoms with van der Waals surface area (Å²) in [5.74, 6) is -0.208. The summed E-state index contributed by atoms with van der Waals surface area (Å²) < 4.78 is 13.3. The number of rotatable bonds is 2. The molecule has 0 aromatic heterocycles. The van der Waals surface area contributed by atoms with Crippen molar-refractivity contribution >= 4 is 5.69 Å². The Hall–Kier alpha value is -1.87. The minimum atomic E-state index is -0.208. The number of benzene rings is 2. The largest absolute Gasteiger partial charge is 0.367 e. The first-order valence-corrected chi connectivity index (χ1v) is 6.49. The molecular weight excluding hydrogens is 239 g/mol. The molecule has 0 spiro atoms. The van der Waals surface area contributed by atoms with E-state index in [0.717, 1.165) is 12.1 Å². The van der Waals surface area contributed by atoms with E-state index in [-0.39, 0.29) is 17.9 Å². The van der Waals surface area contributed by atoms with Gasteiger partial charge in [-0.1, -0.05) is 30.3 Å². The SMILES string of the molecule is CN(c1cccc(F)c1)C1CC(N)c2ccccc21. The van der Waals surface area contributed by atoms with Crippen LogP contribution in [0.4, 0.5) is 10.1 Å². The highest BCUT2D eigenvalue weighted by molar-refractivity contribution is 5.51. The third kappa shape index (κ3) is 2.10. The van der Waals surface area contributed by atoms with E-state index >= 15 is 0 Å². The van der Waals surface area contributed by atoms with Crippen LogP contribution in [0.2, 0.25) is 0 Å². The Bertz CT molecular complexity index is 597. The van der Waals surface area contributed by atoms with Crippen molar-refractivity contribution in [2.45, 2.75) is 18.5 Å². The zero-order valence-corrected chi connectivity index (χ0v) is 10.9. The maximum atomic E-state index is 13.3. The fraction of sp³-hybridized carbons (Fsp3) is 0.250. The van der Waals surface area contributed by atoms with Gasteiger partial charge in [0.2, 0.25) is 0 Å². The second-order valence-electron chi connectivity index (χ2n) is 5.08. The Labute approximate surface area is 112 Å². The summed E-state index contributed by atoms with van der Waals surface area (Å²) in [6.45, 7) is 0. The van der Waals surface area contributed by atoms with Crippen LogP contribution in [-0.2, 0) is 0 Å². The Morgan fingerprint density at radius 3 is 2.58 bits per heavy atom. The van der Waals surface area contributed by atoms with Crippen LogP contribution in [0.15, 0.2) is 48.5 Å². The third-order valence-corrected chi connectivity index (χ3v) is 3.91. The van der Waals surface area contributed by atoms with Gasteiger partial charge >= 0.3 is 0 Å². The molecule has 2 nitrogen and oxygen atoms in total. The van der Waals surface area contributed by atoms with Gasteiger partial charge < -0.3 is 10.6 Å². The summed E-state index contributed by atoms with van der Waals surface area (Å²) >= 11 is 0. The van der Waals surface area contributed by atoms with Crippen molar-refractivity contribution in [1.29, 1.82) is 0 Å². The van der Waals surface area contributed by atoms with Gasteiger partial charge in [-0.15, -0.1) is 0 Å². The molecule has 2 N–H and O–H groups in total. The zero-order chi connectivity index (χ0) is 13.4. The maximum Gasteiger partial charge on any atom is 0.125 e. The Morgan fingerprint density at radius 1 is 1.11 bits per heavy atom. The molecule has 1 aliphatic carbocycles. The lowest BCUT2D eigenvalue weighted by Crippen LogP contribution is -2.23. The summed E-state index contributed by atoms with van der Waals surface area (Å²) in [6, 6.07) is 15.2. The molecule has 2 atom stereocenters. The lowest BCUT2D eigenvalue weighted by Gasteiger charge is -2.27. The van der Waals surface area contributed by atoms with Gasteiger partial charge in [0.1, 0.15) is 5.82 Å². The fourth-order valence-corrected chi connectivity index (χ4v) is 2.89. The van der Waals surface area contributed by atoms with Gasteiger partial charge in [-0.05, 0) is 35.7 Å². The lowest BCUT2D eigenvalue weighted by molar-refractivity contribution is 0.589. The number of fused-ring (bicyclic) bond motifs is 1. The van der Waals surface area contributed by atoms with Crippen molar-refractivity contribution in [3.8, 4) is 0 Å². The lowest BCUT2D eigenvalue weighted by atomic mass is 10.1. The average Bonchev–Trinajstić information content (AvgIpc) is 2.76. The van der Waals surface area contributed by atoms with E-state index in [2.05, 4.69) is 17.0 Å². The topological polar surface area (TPSA) is 29.3 Å². The minimum absolute atomic E-state index is 0.0669. The highest BCUT2D eigenvalue weighted by Gasteiger charge is 2.31. The van der Waals surface area contributed by atoms with E-state index in [1.54, 1.807) is 12.1 Å². The third-order valence-electron chi connectivity index (χ3n) is 3.91. The molecule has 3 heteroatoms. The molecule has 2 unspecified atom stereocenters. The fourth-order valence-electron chi connectivity index (χ4n) is 2.89. The molecule has 3 rings (SSSR count). The molecule has 0 amide bonds. The van der Waals surface area contributed by atoms with E-state index in [1.807, 2.05) is 25.2 Å². The molecule has 2 aromatic carbocycles. The Morgan fingerprint density at radius 2 is 1.84 bits per heavy atom. The first-order chi connectivity index (χ1) is 9.16. The number of nitrogens with zero attached hydrogens (tertiary/aromatic N) is 1. The van der Waals surface area contributed by atoms with E-state index in [4.69, 9.17) is 5.73 Å². The van der Waals surface area contributed by atoms with Gasteiger partial charge in [-0.25, -0.2) is 4.39 Å². The normalized spacial score (nSPS) is 21.2. The second kappa shape index (κ2) is 4.67. The molecule has 0 fully saturated rings. The van der Waals surface area contributed by atoms with E-state index in [9.17, 15) is 4.39 Å². The number of hydrogen-bond donors (Lipinski definition) is 1. The summed E-state index contributed by atoms with van der Waals surface area (Å²) in [7, 11) is 1.99. The van der Waals surface area contributed by atoms with E-state index in [1.165, 1.54) is 17.2 Å². The van der Waals surface area contributed by atoms with Gasteiger partial charge in [-0.3, -0.25) is 0 Å². The number of nitrogens with two attached hydrogens (primary N) is 1. The molecule has 0 saturated carbocycles. The van der Waals surface area contributed by atoms with Gasteiger partial charge in [-0.2, -0.15) is 0 Å². The zero-order valence-electron chi connectivity index (χ0n) is 10.9. The van der Waals surface area contributed by atoms with E-state index in [0.29, 0.717) is 0 Å². The van der Waals surface area contributed by atoms with Crippen molar-refractivity contribution in [2.24, 2.45) is 5.73 Å². The van der Waals surface area contributed by atoms with Gasteiger partial charge in [0, 0.05) is 18.8 Å². The molecule has 19 heavy (non-hydrogen) atoms. The predicted octanol–water partition coefficient (Wildman–Crippen LogP) is 3.41. The number of hydrogen-bond acceptors (Lipinski definition) is 2. The summed E-state index contributed by atoms with van der Waals surface area (Å²) in [5, 5.41) is 0. The van der Waals surface area contributed by atoms with Gasteiger partial charge in [0.25, 0.3) is 0 Å². The summed E-state index contributed by atoms with van der Waals surface area (Å²) in [4.78, 5) is 2.11. The van der Waals surface area contributed by atoms with Crippen molar-refractivity contribution in [3.05, 3.63) is 65.5 Å². The molecule has 2 aromatic rings. The van der Waals surface area contributed by atoms with Crippen LogP contribution in [0.25, 0.3) is 0 Å². The molecule has 0 saturated heterocycles. The first kappa shape index (κ1) is 12.2. The molecular formula is C16H17FN2. The number of halogens is 1. The van der Waals surface area contributed by atoms with Crippen LogP contribution < -0.4 is 10.6 Å². The van der Waals surface area contributed by atoms with Crippen LogP contribution in [0.5, 0.6) is 0 Å². The van der Waals surface area contributed by atoms with Gasteiger partial charge in [0.15, 0.2) is 0 Å². The van der Waals surface area contributed by atoms with Crippen molar-refractivity contribution in [1.82, 2.24) is 0 Å². The molecule has 0 heterocycles. The Balaban J connectivity index is 1.96. The van der Waals surface area contributed by atoms with Crippen LogP contribution >= 0.6 is 0 Å². The van der Waals surface area contributed by atoms with Crippen LogP contribution in [0, 0.1) is 5.82 Å². The quantitative estimate of drug-likeness (QED) is 0.892. The Kier molecular flexibility index (Phi) is 2.99. The van der Waals surface area contributed by atoms with E-state index < -0.39 is 0 Å². The van der Waals surface area contributed by atoms with Crippen molar-refractivity contribution in [3.63, 3.8) is 0 Å². The maximum absolute atomic E-state index is 13.3. The van der Waals surface area contributed by atoms with Crippen LogP contribution in [0.1, 0.15) is 29.6 Å². The van der Waals surface area contributed by atoms with Gasteiger partial charge in [0.05, 0.1) is 6.04 Å². The monoisotopic (exact) mass is 256 g/mol. The molecule has 0 aliphatic heterocycles. The summed E-state index contributed by atoms with van der Waals surface area (Å²) in [5.41, 5.74) is 9.52. The first-order valence-electron chi connectivity index (χ1n) is 6.49. The van der Waals surface area contributed by atoms with Crippen LogP contribution in [-0.4, -0.2) is 7.05 Å². The second-order valence-corrected chi connectivity index (χ2v) is 5.08. The molecule has 0 bridgehead atoms. The standard InChI is InChI=1S/C16H17FN2/c1-19(12-6-4-5-11(17)9-12)16-10-15(18)13-7-2-3-8-14(13)16/h2-9,15-16H,10,18H2,1H3. The predicted molar refractivity (Wildman–Crippen MR) is 75.5 cm³/mol. The highest BCUT2D eigenvalue weighted by Crippen LogP contribution is 2.41. The van der Waals surface area contributed by atoms with Crippen molar-refractivity contribution in [2.75, 3.05) is 11.9 Å². The summed E-state index contributed by atoms with van der Waals surface area (Å²) in [6.07, 6.45) is 0.867. The molecule has 1 aliphatic rings. The molecule has 0 radical (unpaired) electrons. The minimum Gasteiger partial charge on any atom is -0.367 e. The average molecular weight is 256 g/mol. The van der Waals surface area contributed by atoms with Crippen LogP contribution in [0.3, 0.4) is 0 Å². The highest BCUT2D eigenvalue weighted by atomic mass is 19.1.